The number of hydrogen-bond acceptors (Lipinski definition) is 2. The second-order valence-corrected chi connectivity index (χ2v) is 5.16. The first-order valence-corrected chi connectivity index (χ1v) is 7.26. The molecule has 0 heterocycles. The van der Waals surface area contributed by atoms with E-state index < -0.39 is 0 Å². The minimum atomic E-state index is -0.187. The van der Waals surface area contributed by atoms with Crippen molar-refractivity contribution in [3.63, 3.8) is 0 Å². The van der Waals surface area contributed by atoms with Gasteiger partial charge in [0.25, 0.3) is 0 Å². The van der Waals surface area contributed by atoms with Gasteiger partial charge >= 0.3 is 0 Å². The Labute approximate surface area is 126 Å². The molecule has 0 aliphatic heterocycles. The van der Waals surface area contributed by atoms with E-state index >= 15 is 0 Å². The lowest BCUT2D eigenvalue weighted by atomic mass is 9.95. The van der Waals surface area contributed by atoms with Crippen LogP contribution in [0.4, 0.5) is 4.39 Å². The van der Waals surface area contributed by atoms with Crippen LogP contribution >= 0.6 is 0 Å². The fraction of sp³-hybridized carbons (Fsp3) is 0.333. The Morgan fingerprint density at radius 2 is 1.86 bits per heavy atom. The molecule has 3 heteroatoms. The van der Waals surface area contributed by atoms with E-state index in [9.17, 15) is 4.39 Å². The third-order valence-corrected chi connectivity index (χ3v) is 3.67. The Balaban J connectivity index is 2.23. The number of methoxy groups -OCH3 is 1. The molecule has 2 aromatic rings. The third kappa shape index (κ3) is 4.05. The normalized spacial score (nSPS) is 12.2. The van der Waals surface area contributed by atoms with Crippen LogP contribution in [0.3, 0.4) is 0 Å². The highest BCUT2D eigenvalue weighted by atomic mass is 19.1. The number of benzene rings is 2. The van der Waals surface area contributed by atoms with Crippen LogP contribution in [0.1, 0.15) is 29.7 Å². The Morgan fingerprint density at radius 1 is 1.14 bits per heavy atom. The molecule has 21 heavy (non-hydrogen) atoms. The quantitative estimate of drug-likeness (QED) is 0.866. The van der Waals surface area contributed by atoms with Gasteiger partial charge in [-0.2, -0.15) is 0 Å². The minimum Gasteiger partial charge on any atom is -0.497 e. The Kier molecular flexibility index (Phi) is 5.34. The van der Waals surface area contributed by atoms with Crippen molar-refractivity contribution >= 4 is 0 Å². The highest BCUT2D eigenvalue weighted by Gasteiger charge is 2.14. The number of likely N-dealkylation sites (N-methyl/N-ethyl adjacent to an activating group) is 1. The molecule has 1 unspecified atom stereocenters. The van der Waals surface area contributed by atoms with E-state index in [-0.39, 0.29) is 11.9 Å². The zero-order chi connectivity index (χ0) is 15.2. The summed E-state index contributed by atoms with van der Waals surface area (Å²) in [5.74, 6) is 0.661. The smallest absolute Gasteiger partial charge is 0.123 e. The number of rotatable bonds is 6. The SMILES string of the molecule is CCNC(Cc1ccc(OC)cc1)c1cc(F)ccc1C. The number of hydrogen-bond donors (Lipinski definition) is 1. The molecule has 0 radical (unpaired) electrons. The highest BCUT2D eigenvalue weighted by molar-refractivity contribution is 5.33. The van der Waals surface area contributed by atoms with Crippen molar-refractivity contribution < 1.29 is 9.13 Å². The van der Waals surface area contributed by atoms with Crippen molar-refractivity contribution in [1.82, 2.24) is 5.32 Å². The molecule has 0 spiro atoms. The predicted octanol–water partition coefficient (Wildman–Crippen LogP) is 4.04. The van der Waals surface area contributed by atoms with Gasteiger partial charge in [0.2, 0.25) is 0 Å². The topological polar surface area (TPSA) is 21.3 Å². The zero-order valence-corrected chi connectivity index (χ0v) is 12.8. The molecule has 0 fully saturated rings. The highest BCUT2D eigenvalue weighted by Crippen LogP contribution is 2.24. The van der Waals surface area contributed by atoms with Gasteiger partial charge in [0.15, 0.2) is 0 Å². The lowest BCUT2D eigenvalue weighted by Crippen LogP contribution is -2.23. The van der Waals surface area contributed by atoms with E-state index in [2.05, 4.69) is 24.4 Å². The molecule has 0 aromatic heterocycles. The van der Waals surface area contributed by atoms with Gasteiger partial charge in [-0.25, -0.2) is 4.39 Å². The maximum absolute atomic E-state index is 13.5. The summed E-state index contributed by atoms with van der Waals surface area (Å²) in [6.07, 6.45) is 0.822. The van der Waals surface area contributed by atoms with Crippen LogP contribution in [0.15, 0.2) is 42.5 Å². The van der Waals surface area contributed by atoms with Crippen LogP contribution in [0.2, 0.25) is 0 Å². The molecule has 0 aliphatic rings. The summed E-state index contributed by atoms with van der Waals surface area (Å²) in [6, 6.07) is 13.1. The minimum absolute atomic E-state index is 0.110. The lowest BCUT2D eigenvalue weighted by molar-refractivity contribution is 0.414. The van der Waals surface area contributed by atoms with Gasteiger partial charge in [-0.3, -0.25) is 0 Å². The van der Waals surface area contributed by atoms with Crippen LogP contribution in [-0.4, -0.2) is 13.7 Å². The molecule has 0 saturated carbocycles. The standard InChI is InChI=1S/C18H22FNO/c1-4-20-18(17-12-15(19)8-5-13(17)2)11-14-6-9-16(21-3)10-7-14/h5-10,12,18,20H,4,11H2,1-3H3. The molecule has 1 N–H and O–H groups in total. The molecule has 2 aromatic carbocycles. The fourth-order valence-electron chi connectivity index (χ4n) is 2.52. The molecule has 0 aliphatic carbocycles. The van der Waals surface area contributed by atoms with E-state index in [1.165, 1.54) is 11.6 Å². The van der Waals surface area contributed by atoms with Crippen molar-refractivity contribution in [2.75, 3.05) is 13.7 Å². The number of nitrogens with one attached hydrogen (secondary N) is 1. The van der Waals surface area contributed by atoms with Crippen LogP contribution in [0, 0.1) is 12.7 Å². The molecule has 0 saturated heterocycles. The average Bonchev–Trinajstić information content (AvgIpc) is 2.50. The van der Waals surface area contributed by atoms with E-state index in [0.717, 1.165) is 29.8 Å². The molecular formula is C18H22FNO. The molecule has 1 atom stereocenters. The summed E-state index contributed by atoms with van der Waals surface area (Å²) < 4.78 is 18.7. The van der Waals surface area contributed by atoms with E-state index in [0.29, 0.717) is 0 Å². The van der Waals surface area contributed by atoms with Crippen LogP contribution in [0.5, 0.6) is 5.75 Å². The summed E-state index contributed by atoms with van der Waals surface area (Å²) in [7, 11) is 1.66. The number of aryl methyl sites for hydroxylation is 1. The summed E-state index contributed by atoms with van der Waals surface area (Å²) in [4.78, 5) is 0. The average molecular weight is 287 g/mol. The van der Waals surface area contributed by atoms with E-state index in [1.54, 1.807) is 13.2 Å². The van der Waals surface area contributed by atoms with Gasteiger partial charge in [-0.15, -0.1) is 0 Å². The first-order chi connectivity index (χ1) is 10.1. The van der Waals surface area contributed by atoms with E-state index in [1.807, 2.05) is 25.1 Å². The Bertz CT molecular complexity index is 580. The van der Waals surface area contributed by atoms with Crippen LogP contribution in [0.25, 0.3) is 0 Å². The molecular weight excluding hydrogens is 265 g/mol. The van der Waals surface area contributed by atoms with E-state index in [4.69, 9.17) is 4.74 Å². The van der Waals surface area contributed by atoms with Crippen molar-refractivity contribution in [1.29, 1.82) is 0 Å². The van der Waals surface area contributed by atoms with Crippen molar-refractivity contribution in [3.05, 3.63) is 65.0 Å². The zero-order valence-electron chi connectivity index (χ0n) is 12.8. The summed E-state index contributed by atoms with van der Waals surface area (Å²) >= 11 is 0. The summed E-state index contributed by atoms with van der Waals surface area (Å²) in [5, 5.41) is 3.45. The monoisotopic (exact) mass is 287 g/mol. The van der Waals surface area contributed by atoms with Crippen LogP contribution < -0.4 is 10.1 Å². The summed E-state index contributed by atoms with van der Waals surface area (Å²) in [5.41, 5.74) is 3.33. The first kappa shape index (κ1) is 15.5. The lowest BCUT2D eigenvalue weighted by Gasteiger charge is -2.21. The van der Waals surface area contributed by atoms with Crippen molar-refractivity contribution in [3.8, 4) is 5.75 Å². The predicted molar refractivity (Wildman–Crippen MR) is 84.3 cm³/mol. The van der Waals surface area contributed by atoms with Gasteiger partial charge < -0.3 is 10.1 Å². The van der Waals surface area contributed by atoms with Gasteiger partial charge in [-0.1, -0.05) is 25.1 Å². The van der Waals surface area contributed by atoms with Gasteiger partial charge in [0, 0.05) is 6.04 Å². The third-order valence-electron chi connectivity index (χ3n) is 3.67. The maximum Gasteiger partial charge on any atom is 0.123 e. The second kappa shape index (κ2) is 7.23. The summed E-state index contributed by atoms with van der Waals surface area (Å²) in [6.45, 7) is 4.93. The largest absolute Gasteiger partial charge is 0.497 e. The van der Waals surface area contributed by atoms with Crippen LogP contribution in [-0.2, 0) is 6.42 Å². The van der Waals surface area contributed by atoms with Gasteiger partial charge in [-0.05, 0) is 60.8 Å². The number of ether oxygens (including phenoxy) is 1. The number of halogens is 1. The molecule has 2 rings (SSSR count). The van der Waals surface area contributed by atoms with Gasteiger partial charge in [0.05, 0.1) is 7.11 Å². The Morgan fingerprint density at radius 3 is 2.48 bits per heavy atom. The second-order valence-electron chi connectivity index (χ2n) is 5.16. The van der Waals surface area contributed by atoms with Crippen molar-refractivity contribution in [2.45, 2.75) is 26.3 Å². The Hall–Kier alpha value is -1.87. The first-order valence-electron chi connectivity index (χ1n) is 7.26. The fourth-order valence-corrected chi connectivity index (χ4v) is 2.52. The van der Waals surface area contributed by atoms with Crippen molar-refractivity contribution in [2.24, 2.45) is 0 Å². The molecule has 2 nitrogen and oxygen atoms in total. The molecule has 0 amide bonds. The maximum atomic E-state index is 13.5. The molecule has 112 valence electrons. The van der Waals surface area contributed by atoms with Gasteiger partial charge in [0.1, 0.15) is 11.6 Å². The molecule has 0 bridgehead atoms.